The molecule has 0 radical (unpaired) electrons. The van der Waals surface area contributed by atoms with Gasteiger partial charge in [0.25, 0.3) is 0 Å². The Balaban J connectivity index is 0.00000180. The van der Waals surface area contributed by atoms with E-state index in [9.17, 15) is 4.79 Å². The highest BCUT2D eigenvalue weighted by Gasteiger charge is 2.36. The summed E-state index contributed by atoms with van der Waals surface area (Å²) in [6, 6.07) is 0. The van der Waals surface area contributed by atoms with Gasteiger partial charge in [-0.25, -0.2) is 0 Å². The van der Waals surface area contributed by atoms with Crippen molar-refractivity contribution in [2.75, 3.05) is 19.6 Å². The Kier molecular flexibility index (Phi) is 6.13. The molecule has 2 N–H and O–H groups in total. The maximum atomic E-state index is 12.4. The molecule has 4 heteroatoms. The molecule has 0 bridgehead atoms. The third kappa shape index (κ3) is 3.85. The molecule has 19 heavy (non-hydrogen) atoms. The van der Waals surface area contributed by atoms with Crippen LogP contribution >= 0.6 is 12.4 Å². The van der Waals surface area contributed by atoms with Crippen LogP contribution in [0.3, 0.4) is 0 Å². The van der Waals surface area contributed by atoms with Gasteiger partial charge in [-0.05, 0) is 36.6 Å². The summed E-state index contributed by atoms with van der Waals surface area (Å²) in [5.41, 5.74) is 6.08. The van der Waals surface area contributed by atoms with E-state index in [0.717, 1.165) is 25.9 Å². The van der Waals surface area contributed by atoms with E-state index in [1.54, 1.807) is 0 Å². The van der Waals surface area contributed by atoms with Crippen molar-refractivity contribution in [2.45, 2.75) is 52.4 Å². The molecule has 112 valence electrons. The molecule has 1 amide bonds. The normalized spacial score (nSPS) is 29.9. The summed E-state index contributed by atoms with van der Waals surface area (Å²) in [5, 5.41) is 0. The summed E-state index contributed by atoms with van der Waals surface area (Å²) < 4.78 is 0. The van der Waals surface area contributed by atoms with Crippen LogP contribution in [0.2, 0.25) is 0 Å². The lowest BCUT2D eigenvalue weighted by atomic mass is 9.71. The second-order valence-corrected chi connectivity index (χ2v) is 6.69. The number of carbonyl (C=O) groups is 1. The molecule has 1 saturated heterocycles. The molecule has 0 aromatic heterocycles. The summed E-state index contributed by atoms with van der Waals surface area (Å²) in [5.74, 6) is 1.64. The van der Waals surface area contributed by atoms with E-state index in [0.29, 0.717) is 30.7 Å². The SMILES string of the molecule is CC1CN(C(=O)CC2(CN)CCCCC2)CC1C.Cl. The third-order valence-corrected chi connectivity index (χ3v) is 5.21. The molecule has 3 nitrogen and oxygen atoms in total. The minimum atomic E-state index is 0. The lowest BCUT2D eigenvalue weighted by Gasteiger charge is -2.36. The molecule has 0 aromatic carbocycles. The lowest BCUT2D eigenvalue weighted by molar-refractivity contribution is -0.133. The number of carbonyl (C=O) groups excluding carboxylic acids is 1. The van der Waals surface area contributed by atoms with Crippen molar-refractivity contribution in [3.63, 3.8) is 0 Å². The van der Waals surface area contributed by atoms with Crippen molar-refractivity contribution >= 4 is 18.3 Å². The van der Waals surface area contributed by atoms with Crippen LogP contribution in [0.1, 0.15) is 52.4 Å². The molecule has 2 aliphatic rings. The second kappa shape index (κ2) is 6.94. The molecule has 1 saturated carbocycles. The molecule has 2 rings (SSSR count). The highest BCUT2D eigenvalue weighted by Crippen LogP contribution is 2.39. The van der Waals surface area contributed by atoms with E-state index in [1.807, 2.05) is 0 Å². The first-order valence-electron chi connectivity index (χ1n) is 7.54. The third-order valence-electron chi connectivity index (χ3n) is 5.21. The van der Waals surface area contributed by atoms with Gasteiger partial charge >= 0.3 is 0 Å². The van der Waals surface area contributed by atoms with Gasteiger partial charge in [-0.15, -0.1) is 12.4 Å². The standard InChI is InChI=1S/C15H28N2O.ClH/c1-12-9-17(10-13(12)2)14(18)8-15(11-16)6-4-3-5-7-15;/h12-13H,3-11,16H2,1-2H3;1H. The van der Waals surface area contributed by atoms with Gasteiger partial charge < -0.3 is 10.6 Å². The number of amides is 1. The average Bonchev–Trinajstić information content (AvgIpc) is 2.71. The van der Waals surface area contributed by atoms with Gasteiger partial charge in [0.1, 0.15) is 0 Å². The van der Waals surface area contributed by atoms with Crippen LogP contribution in [-0.4, -0.2) is 30.4 Å². The van der Waals surface area contributed by atoms with Gasteiger partial charge in [0.2, 0.25) is 5.91 Å². The fourth-order valence-corrected chi connectivity index (χ4v) is 3.52. The fourth-order valence-electron chi connectivity index (χ4n) is 3.52. The average molecular weight is 289 g/mol. The Morgan fingerprint density at radius 1 is 1.16 bits per heavy atom. The van der Waals surface area contributed by atoms with Gasteiger partial charge in [0.15, 0.2) is 0 Å². The zero-order valence-electron chi connectivity index (χ0n) is 12.4. The molecule has 2 atom stereocenters. The van der Waals surface area contributed by atoms with Crippen LogP contribution in [0.5, 0.6) is 0 Å². The van der Waals surface area contributed by atoms with E-state index in [-0.39, 0.29) is 17.8 Å². The van der Waals surface area contributed by atoms with Crippen LogP contribution in [0.4, 0.5) is 0 Å². The molecular formula is C15H29ClN2O. The zero-order chi connectivity index (χ0) is 13.2. The number of rotatable bonds is 3. The van der Waals surface area contributed by atoms with Gasteiger partial charge in [0, 0.05) is 19.5 Å². The first-order valence-corrected chi connectivity index (χ1v) is 7.54. The van der Waals surface area contributed by atoms with Crippen LogP contribution in [0.25, 0.3) is 0 Å². The highest BCUT2D eigenvalue weighted by molar-refractivity contribution is 5.85. The summed E-state index contributed by atoms with van der Waals surface area (Å²) in [4.78, 5) is 14.5. The molecule has 0 aromatic rings. The van der Waals surface area contributed by atoms with Crippen molar-refractivity contribution in [3.8, 4) is 0 Å². The number of hydrogen-bond acceptors (Lipinski definition) is 2. The quantitative estimate of drug-likeness (QED) is 0.868. The van der Waals surface area contributed by atoms with E-state index < -0.39 is 0 Å². The van der Waals surface area contributed by atoms with E-state index in [1.165, 1.54) is 19.3 Å². The number of halogens is 1. The highest BCUT2D eigenvalue weighted by atomic mass is 35.5. The fraction of sp³-hybridized carbons (Fsp3) is 0.933. The minimum absolute atomic E-state index is 0. The molecule has 2 fully saturated rings. The molecule has 2 unspecified atom stereocenters. The first-order chi connectivity index (χ1) is 8.56. The van der Waals surface area contributed by atoms with Crippen molar-refractivity contribution in [2.24, 2.45) is 23.0 Å². The lowest BCUT2D eigenvalue weighted by Crippen LogP contribution is -2.40. The Hall–Kier alpha value is -0.280. The van der Waals surface area contributed by atoms with E-state index >= 15 is 0 Å². The van der Waals surface area contributed by atoms with Crippen molar-refractivity contribution < 1.29 is 4.79 Å². The first kappa shape index (κ1) is 16.8. The van der Waals surface area contributed by atoms with Crippen molar-refractivity contribution in [1.29, 1.82) is 0 Å². The monoisotopic (exact) mass is 288 g/mol. The summed E-state index contributed by atoms with van der Waals surface area (Å²) in [6.07, 6.45) is 6.79. The predicted octanol–water partition coefficient (Wildman–Crippen LogP) is 2.82. The Labute approximate surface area is 123 Å². The van der Waals surface area contributed by atoms with Gasteiger partial charge in [-0.1, -0.05) is 33.1 Å². The van der Waals surface area contributed by atoms with E-state index in [4.69, 9.17) is 5.73 Å². The number of nitrogens with zero attached hydrogens (tertiary/aromatic N) is 1. The zero-order valence-corrected chi connectivity index (χ0v) is 13.2. The van der Waals surface area contributed by atoms with Crippen LogP contribution in [0, 0.1) is 17.3 Å². The molecule has 1 heterocycles. The number of hydrogen-bond donors (Lipinski definition) is 1. The maximum Gasteiger partial charge on any atom is 0.223 e. The summed E-state index contributed by atoms with van der Waals surface area (Å²) in [6.45, 7) is 7.06. The minimum Gasteiger partial charge on any atom is -0.342 e. The second-order valence-electron chi connectivity index (χ2n) is 6.69. The van der Waals surface area contributed by atoms with Crippen molar-refractivity contribution in [1.82, 2.24) is 4.90 Å². The van der Waals surface area contributed by atoms with Crippen molar-refractivity contribution in [3.05, 3.63) is 0 Å². The Morgan fingerprint density at radius 2 is 1.68 bits per heavy atom. The molecular weight excluding hydrogens is 260 g/mol. The predicted molar refractivity (Wildman–Crippen MR) is 81.3 cm³/mol. The van der Waals surface area contributed by atoms with Crippen LogP contribution < -0.4 is 5.73 Å². The van der Waals surface area contributed by atoms with Crippen LogP contribution in [0.15, 0.2) is 0 Å². The Morgan fingerprint density at radius 3 is 2.16 bits per heavy atom. The molecule has 0 spiro atoms. The smallest absolute Gasteiger partial charge is 0.223 e. The molecule has 1 aliphatic carbocycles. The van der Waals surface area contributed by atoms with Gasteiger partial charge in [0.05, 0.1) is 0 Å². The summed E-state index contributed by atoms with van der Waals surface area (Å²) in [7, 11) is 0. The largest absolute Gasteiger partial charge is 0.342 e. The summed E-state index contributed by atoms with van der Waals surface area (Å²) >= 11 is 0. The Bertz CT molecular complexity index is 293. The number of nitrogens with two attached hydrogens (primary N) is 1. The number of likely N-dealkylation sites (tertiary alicyclic amines) is 1. The molecule has 1 aliphatic heterocycles. The van der Waals surface area contributed by atoms with Gasteiger partial charge in [-0.2, -0.15) is 0 Å². The topological polar surface area (TPSA) is 46.3 Å². The van der Waals surface area contributed by atoms with Gasteiger partial charge in [-0.3, -0.25) is 4.79 Å². The van der Waals surface area contributed by atoms with E-state index in [2.05, 4.69) is 18.7 Å². The maximum absolute atomic E-state index is 12.4. The van der Waals surface area contributed by atoms with Crippen LogP contribution in [-0.2, 0) is 4.79 Å².